The molecule has 0 aromatic heterocycles. The Balaban J connectivity index is 2.96. The maximum Gasteiger partial charge on any atom is 0.121 e. The second-order valence-corrected chi connectivity index (χ2v) is 2.02. The van der Waals surface area contributed by atoms with Gasteiger partial charge in [-0.3, -0.25) is 0 Å². The zero-order chi connectivity index (χ0) is 7.40. The SMILES string of the molecule is [B]Cc1ccccc1OC. The van der Waals surface area contributed by atoms with Crippen molar-refractivity contribution in [3.05, 3.63) is 29.8 Å². The van der Waals surface area contributed by atoms with Crippen LogP contribution in [0.4, 0.5) is 0 Å². The molecule has 0 saturated heterocycles. The van der Waals surface area contributed by atoms with E-state index in [0.717, 1.165) is 11.3 Å². The summed E-state index contributed by atoms with van der Waals surface area (Å²) in [6, 6.07) is 7.74. The quantitative estimate of drug-likeness (QED) is 0.552. The largest absolute Gasteiger partial charge is 0.497 e. The van der Waals surface area contributed by atoms with Crippen LogP contribution in [0, 0.1) is 0 Å². The molecule has 1 nitrogen and oxygen atoms in total. The lowest BCUT2D eigenvalue weighted by Crippen LogP contribution is -1.90. The van der Waals surface area contributed by atoms with Gasteiger partial charge in [0.05, 0.1) is 15.0 Å². The lowest BCUT2D eigenvalue weighted by molar-refractivity contribution is 0.411. The van der Waals surface area contributed by atoms with Gasteiger partial charge in [-0.25, -0.2) is 0 Å². The van der Waals surface area contributed by atoms with Crippen molar-refractivity contribution >= 4 is 7.85 Å². The van der Waals surface area contributed by atoms with Gasteiger partial charge in [0.25, 0.3) is 0 Å². The molecular weight excluding hydrogens is 123 g/mol. The standard InChI is InChI=1S/C8H9BO/c1-10-8-5-3-2-4-7(8)6-9/h2-5H,6H2,1H3. The zero-order valence-corrected chi connectivity index (χ0v) is 6.00. The Bertz CT molecular complexity index is 187. The summed E-state index contributed by atoms with van der Waals surface area (Å²) in [7, 11) is 7.09. The van der Waals surface area contributed by atoms with Gasteiger partial charge in [0, 0.05) is 0 Å². The number of rotatable bonds is 2. The van der Waals surface area contributed by atoms with Crippen LogP contribution in [0.2, 0.25) is 0 Å². The maximum absolute atomic E-state index is 5.45. The third-order valence-corrected chi connectivity index (χ3v) is 1.41. The van der Waals surface area contributed by atoms with E-state index in [1.807, 2.05) is 24.3 Å². The van der Waals surface area contributed by atoms with Crippen LogP contribution in [0.3, 0.4) is 0 Å². The minimum atomic E-state index is 0.532. The molecule has 0 atom stereocenters. The first-order valence-electron chi connectivity index (χ1n) is 3.20. The minimum Gasteiger partial charge on any atom is -0.497 e. The zero-order valence-electron chi connectivity index (χ0n) is 6.00. The summed E-state index contributed by atoms with van der Waals surface area (Å²) in [4.78, 5) is 0. The molecule has 0 spiro atoms. The second kappa shape index (κ2) is 3.30. The van der Waals surface area contributed by atoms with Crippen LogP contribution in [-0.2, 0) is 6.32 Å². The van der Waals surface area contributed by atoms with Crippen LogP contribution in [0.15, 0.2) is 24.3 Å². The molecule has 0 saturated carbocycles. The summed E-state index contributed by atoms with van der Waals surface area (Å²) in [6.45, 7) is 0. The molecule has 10 heavy (non-hydrogen) atoms. The van der Waals surface area contributed by atoms with Crippen molar-refractivity contribution in [1.82, 2.24) is 0 Å². The fraction of sp³-hybridized carbons (Fsp3) is 0.250. The summed E-state index contributed by atoms with van der Waals surface area (Å²) in [5.74, 6) is 0.866. The van der Waals surface area contributed by atoms with Gasteiger partial charge in [-0.1, -0.05) is 24.5 Å². The summed E-state index contributed by atoms with van der Waals surface area (Å²) in [5, 5.41) is 0. The van der Waals surface area contributed by atoms with Crippen LogP contribution < -0.4 is 4.74 Å². The summed E-state index contributed by atoms with van der Waals surface area (Å²) < 4.78 is 5.06. The van der Waals surface area contributed by atoms with E-state index in [2.05, 4.69) is 0 Å². The van der Waals surface area contributed by atoms with E-state index in [1.165, 1.54) is 0 Å². The molecule has 0 aliphatic heterocycles. The highest BCUT2D eigenvalue weighted by Gasteiger charge is 1.95. The van der Waals surface area contributed by atoms with E-state index in [1.54, 1.807) is 7.11 Å². The van der Waals surface area contributed by atoms with Gasteiger partial charge in [0.2, 0.25) is 0 Å². The predicted molar refractivity (Wildman–Crippen MR) is 42.5 cm³/mol. The van der Waals surface area contributed by atoms with Crippen LogP contribution in [0.25, 0.3) is 0 Å². The third-order valence-electron chi connectivity index (χ3n) is 1.41. The summed E-state index contributed by atoms with van der Waals surface area (Å²) in [6.07, 6.45) is 0.532. The number of methoxy groups -OCH3 is 1. The fourth-order valence-electron chi connectivity index (χ4n) is 0.872. The smallest absolute Gasteiger partial charge is 0.121 e. The van der Waals surface area contributed by atoms with Gasteiger partial charge in [-0.05, 0) is 11.6 Å². The van der Waals surface area contributed by atoms with Crippen molar-refractivity contribution in [2.45, 2.75) is 6.32 Å². The Morgan fingerprint density at radius 2 is 2.10 bits per heavy atom. The van der Waals surface area contributed by atoms with Crippen LogP contribution in [0.5, 0.6) is 5.75 Å². The Hall–Kier alpha value is -0.915. The molecule has 2 radical (unpaired) electrons. The van der Waals surface area contributed by atoms with Crippen molar-refractivity contribution in [1.29, 1.82) is 0 Å². The minimum absolute atomic E-state index is 0.532. The van der Waals surface area contributed by atoms with Gasteiger partial charge in [-0.15, -0.1) is 0 Å². The van der Waals surface area contributed by atoms with E-state index < -0.39 is 0 Å². The Kier molecular flexibility index (Phi) is 2.38. The number of benzene rings is 1. The highest BCUT2D eigenvalue weighted by molar-refractivity contribution is 6.08. The molecule has 2 heteroatoms. The summed E-state index contributed by atoms with van der Waals surface area (Å²) in [5.41, 5.74) is 1.05. The van der Waals surface area contributed by atoms with Crippen LogP contribution in [0.1, 0.15) is 5.56 Å². The molecule has 0 fully saturated rings. The Labute approximate surface area is 62.4 Å². The van der Waals surface area contributed by atoms with E-state index in [4.69, 9.17) is 12.6 Å². The molecule has 1 rings (SSSR count). The van der Waals surface area contributed by atoms with E-state index >= 15 is 0 Å². The van der Waals surface area contributed by atoms with Crippen molar-refractivity contribution in [2.24, 2.45) is 0 Å². The predicted octanol–water partition coefficient (Wildman–Crippen LogP) is 1.36. The molecule has 1 aromatic carbocycles. The van der Waals surface area contributed by atoms with E-state index in [0.29, 0.717) is 6.32 Å². The highest BCUT2D eigenvalue weighted by Crippen LogP contribution is 2.15. The molecule has 0 heterocycles. The molecular formula is C8H9BO. The number of para-hydroxylation sites is 1. The van der Waals surface area contributed by atoms with Gasteiger partial charge in [0.1, 0.15) is 5.75 Å². The van der Waals surface area contributed by atoms with Gasteiger partial charge in [0.15, 0.2) is 0 Å². The van der Waals surface area contributed by atoms with Gasteiger partial charge < -0.3 is 4.74 Å². The van der Waals surface area contributed by atoms with Crippen molar-refractivity contribution in [3.8, 4) is 5.75 Å². The van der Waals surface area contributed by atoms with E-state index in [9.17, 15) is 0 Å². The lowest BCUT2D eigenvalue weighted by atomic mass is 9.96. The van der Waals surface area contributed by atoms with Crippen LogP contribution in [-0.4, -0.2) is 15.0 Å². The monoisotopic (exact) mass is 132 g/mol. The fourth-order valence-corrected chi connectivity index (χ4v) is 0.872. The Morgan fingerprint density at radius 3 is 2.60 bits per heavy atom. The first-order valence-corrected chi connectivity index (χ1v) is 3.20. The van der Waals surface area contributed by atoms with Crippen LogP contribution >= 0.6 is 0 Å². The second-order valence-electron chi connectivity index (χ2n) is 2.02. The summed E-state index contributed by atoms with van der Waals surface area (Å²) >= 11 is 0. The average molecular weight is 132 g/mol. The number of hydrogen-bond donors (Lipinski definition) is 0. The molecule has 1 aromatic rings. The molecule has 0 bridgehead atoms. The molecule has 0 N–H and O–H groups in total. The van der Waals surface area contributed by atoms with Gasteiger partial charge in [-0.2, -0.15) is 0 Å². The average Bonchev–Trinajstić information content (AvgIpc) is 2.04. The molecule has 0 unspecified atom stereocenters. The topological polar surface area (TPSA) is 9.23 Å². The molecule has 50 valence electrons. The number of hydrogen-bond acceptors (Lipinski definition) is 1. The lowest BCUT2D eigenvalue weighted by Gasteiger charge is -2.03. The van der Waals surface area contributed by atoms with Crippen molar-refractivity contribution in [2.75, 3.05) is 7.11 Å². The third kappa shape index (κ3) is 1.32. The normalized spacial score (nSPS) is 9.30. The highest BCUT2D eigenvalue weighted by atomic mass is 16.5. The molecule has 0 aliphatic rings. The first-order chi connectivity index (χ1) is 4.88. The van der Waals surface area contributed by atoms with Crippen molar-refractivity contribution < 1.29 is 4.74 Å². The molecule has 0 amide bonds. The van der Waals surface area contributed by atoms with Crippen molar-refractivity contribution in [3.63, 3.8) is 0 Å². The van der Waals surface area contributed by atoms with Gasteiger partial charge >= 0.3 is 0 Å². The number of ether oxygens (including phenoxy) is 1. The Morgan fingerprint density at radius 1 is 1.40 bits per heavy atom. The van der Waals surface area contributed by atoms with E-state index in [-0.39, 0.29) is 0 Å². The first kappa shape index (κ1) is 7.20. The maximum atomic E-state index is 5.45. The molecule has 0 aliphatic carbocycles.